The van der Waals surface area contributed by atoms with Crippen LogP contribution in [-0.2, 0) is 0 Å². The summed E-state index contributed by atoms with van der Waals surface area (Å²) in [4.78, 5) is 0. The van der Waals surface area contributed by atoms with Crippen LogP contribution < -0.4 is 9.47 Å². The van der Waals surface area contributed by atoms with E-state index in [4.69, 9.17) is 9.47 Å². The maximum atomic E-state index is 6.16. The van der Waals surface area contributed by atoms with E-state index in [9.17, 15) is 0 Å². The zero-order valence-corrected chi connectivity index (χ0v) is 22.6. The Labute approximate surface area is 243 Å². The first-order valence-electron chi connectivity index (χ1n) is 13.7. The summed E-state index contributed by atoms with van der Waals surface area (Å²) >= 11 is 0. The molecule has 6 heteroatoms. The molecule has 2 N–H and O–H groups in total. The molecule has 0 bridgehead atoms. The van der Waals surface area contributed by atoms with Gasteiger partial charge < -0.3 is 9.47 Å². The molecular weight excluding hydrogens is 520 g/mol. The van der Waals surface area contributed by atoms with Crippen LogP contribution in [0.5, 0.6) is 23.0 Å². The second-order valence-corrected chi connectivity index (χ2v) is 9.74. The van der Waals surface area contributed by atoms with Crippen LogP contribution in [0.4, 0.5) is 0 Å². The Morgan fingerprint density at radius 1 is 0.405 bits per heavy atom. The predicted octanol–water partition coefficient (Wildman–Crippen LogP) is 9.39. The summed E-state index contributed by atoms with van der Waals surface area (Å²) in [7, 11) is 0. The van der Waals surface area contributed by atoms with Crippen molar-refractivity contribution in [1.82, 2.24) is 20.4 Å². The molecular formula is C36H26N4O2. The van der Waals surface area contributed by atoms with Crippen LogP contribution in [0.15, 0.2) is 146 Å². The van der Waals surface area contributed by atoms with Gasteiger partial charge in [-0.1, -0.05) is 78.9 Å². The maximum absolute atomic E-state index is 6.16. The largest absolute Gasteiger partial charge is 0.457 e. The normalized spacial score (nSPS) is 10.9. The first-order chi connectivity index (χ1) is 20.8. The molecule has 202 valence electrons. The highest BCUT2D eigenvalue weighted by molar-refractivity contribution is 5.77. The van der Waals surface area contributed by atoms with Crippen molar-refractivity contribution in [3.63, 3.8) is 0 Å². The Morgan fingerprint density at radius 2 is 0.833 bits per heavy atom. The molecule has 2 aromatic heterocycles. The van der Waals surface area contributed by atoms with Gasteiger partial charge in [-0.15, -0.1) is 0 Å². The van der Waals surface area contributed by atoms with Gasteiger partial charge in [0, 0.05) is 22.3 Å². The second kappa shape index (κ2) is 11.3. The second-order valence-electron chi connectivity index (χ2n) is 9.74. The van der Waals surface area contributed by atoms with Crippen molar-refractivity contribution in [1.29, 1.82) is 0 Å². The highest BCUT2D eigenvalue weighted by Gasteiger charge is 2.14. The van der Waals surface area contributed by atoms with Gasteiger partial charge in [-0.3, -0.25) is 10.2 Å². The van der Waals surface area contributed by atoms with Crippen LogP contribution in [0.25, 0.3) is 45.0 Å². The summed E-state index contributed by atoms with van der Waals surface area (Å²) in [5.41, 5.74) is 7.27. The summed E-state index contributed by atoms with van der Waals surface area (Å²) in [6.07, 6.45) is 0. The number of benzene rings is 5. The Bertz CT molecular complexity index is 1810. The SMILES string of the molecule is c1ccc(Oc2ccccc2-c2cc(-c3cccc(-c4cc(-c5ccccc5Oc5ccccc5)n[nH]4)c3)[nH]n2)cc1. The fourth-order valence-electron chi connectivity index (χ4n) is 4.83. The number of hydrogen-bond donors (Lipinski definition) is 2. The molecule has 0 radical (unpaired) electrons. The number of ether oxygens (including phenoxy) is 2. The molecule has 0 atom stereocenters. The maximum Gasteiger partial charge on any atom is 0.136 e. The van der Waals surface area contributed by atoms with E-state index in [1.165, 1.54) is 0 Å². The molecule has 5 aromatic carbocycles. The Hall–Kier alpha value is -5.88. The lowest BCUT2D eigenvalue weighted by atomic mass is 10.0. The van der Waals surface area contributed by atoms with Crippen molar-refractivity contribution < 1.29 is 9.47 Å². The third kappa shape index (κ3) is 5.29. The predicted molar refractivity (Wildman–Crippen MR) is 166 cm³/mol. The molecule has 42 heavy (non-hydrogen) atoms. The van der Waals surface area contributed by atoms with Crippen molar-refractivity contribution >= 4 is 0 Å². The molecule has 0 unspecified atom stereocenters. The fourth-order valence-corrected chi connectivity index (χ4v) is 4.83. The Morgan fingerprint density at radius 3 is 1.31 bits per heavy atom. The van der Waals surface area contributed by atoms with Gasteiger partial charge in [-0.25, -0.2) is 0 Å². The van der Waals surface area contributed by atoms with Crippen LogP contribution in [0.2, 0.25) is 0 Å². The average molecular weight is 547 g/mol. The molecule has 7 aromatic rings. The van der Waals surface area contributed by atoms with Gasteiger partial charge in [0.25, 0.3) is 0 Å². The van der Waals surface area contributed by atoms with Crippen molar-refractivity contribution in [2.45, 2.75) is 0 Å². The third-order valence-corrected chi connectivity index (χ3v) is 6.91. The first kappa shape index (κ1) is 25.1. The number of H-pyrrole nitrogens is 2. The lowest BCUT2D eigenvalue weighted by Gasteiger charge is -2.09. The summed E-state index contributed by atoms with van der Waals surface area (Å²) in [5.74, 6) is 3.05. The molecule has 0 aliphatic rings. The molecule has 2 heterocycles. The van der Waals surface area contributed by atoms with E-state index in [1.807, 2.05) is 127 Å². The van der Waals surface area contributed by atoms with Crippen LogP contribution in [0.3, 0.4) is 0 Å². The molecule has 7 rings (SSSR count). The minimum absolute atomic E-state index is 0.747. The number of aromatic nitrogens is 4. The van der Waals surface area contributed by atoms with E-state index in [2.05, 4.69) is 38.6 Å². The van der Waals surface area contributed by atoms with Gasteiger partial charge in [0.2, 0.25) is 0 Å². The molecule has 0 saturated carbocycles. The molecule has 6 nitrogen and oxygen atoms in total. The zero-order valence-electron chi connectivity index (χ0n) is 22.6. The first-order valence-corrected chi connectivity index (χ1v) is 13.7. The van der Waals surface area contributed by atoms with Gasteiger partial charge in [-0.05, 0) is 66.7 Å². The average Bonchev–Trinajstić information content (AvgIpc) is 3.74. The standard InChI is InChI=1S/C36H26N4O2/c1-3-14-27(15-4-1)41-35-20-9-7-18-29(35)33-23-31(37-39-33)25-12-11-13-26(22-25)32-24-34(40-38-32)30-19-8-10-21-36(30)42-28-16-5-2-6-17-28/h1-24H,(H,37,39)(H,38,40). The number of rotatable bonds is 8. The number of hydrogen-bond acceptors (Lipinski definition) is 4. The van der Waals surface area contributed by atoms with Gasteiger partial charge in [0.05, 0.1) is 22.8 Å². The fraction of sp³-hybridized carbons (Fsp3) is 0. The topological polar surface area (TPSA) is 75.8 Å². The van der Waals surface area contributed by atoms with E-state index in [0.717, 1.165) is 68.0 Å². The van der Waals surface area contributed by atoms with E-state index < -0.39 is 0 Å². The highest BCUT2D eigenvalue weighted by Crippen LogP contribution is 2.36. The van der Waals surface area contributed by atoms with Crippen molar-refractivity contribution in [3.8, 4) is 68.0 Å². The minimum atomic E-state index is 0.747. The van der Waals surface area contributed by atoms with Gasteiger partial charge in [0.15, 0.2) is 0 Å². The van der Waals surface area contributed by atoms with E-state index in [-0.39, 0.29) is 0 Å². The summed E-state index contributed by atoms with van der Waals surface area (Å²) < 4.78 is 12.3. The van der Waals surface area contributed by atoms with Gasteiger partial charge in [-0.2, -0.15) is 10.2 Å². The van der Waals surface area contributed by atoms with Crippen LogP contribution in [0, 0.1) is 0 Å². The molecule has 0 fully saturated rings. The zero-order chi connectivity index (χ0) is 28.1. The smallest absolute Gasteiger partial charge is 0.136 e. The van der Waals surface area contributed by atoms with Crippen molar-refractivity contribution in [2.75, 3.05) is 0 Å². The number of nitrogens with one attached hydrogen (secondary N) is 2. The minimum Gasteiger partial charge on any atom is -0.457 e. The molecule has 0 aliphatic carbocycles. The number of aromatic amines is 2. The van der Waals surface area contributed by atoms with Crippen LogP contribution in [-0.4, -0.2) is 20.4 Å². The van der Waals surface area contributed by atoms with E-state index >= 15 is 0 Å². The molecule has 0 spiro atoms. The van der Waals surface area contributed by atoms with Crippen molar-refractivity contribution in [3.05, 3.63) is 146 Å². The number of nitrogens with zero attached hydrogens (tertiary/aromatic N) is 2. The molecule has 0 saturated heterocycles. The molecule has 0 aliphatic heterocycles. The Kier molecular flexibility index (Phi) is 6.76. The van der Waals surface area contributed by atoms with Gasteiger partial charge in [0.1, 0.15) is 23.0 Å². The van der Waals surface area contributed by atoms with E-state index in [1.54, 1.807) is 0 Å². The monoisotopic (exact) mass is 546 g/mol. The van der Waals surface area contributed by atoms with Crippen LogP contribution >= 0.6 is 0 Å². The quantitative estimate of drug-likeness (QED) is 0.199. The van der Waals surface area contributed by atoms with Crippen LogP contribution in [0.1, 0.15) is 0 Å². The molecule has 0 amide bonds. The highest BCUT2D eigenvalue weighted by atomic mass is 16.5. The summed E-state index contributed by atoms with van der Waals surface area (Å²) in [6, 6.07) is 47.7. The third-order valence-electron chi connectivity index (χ3n) is 6.91. The summed E-state index contributed by atoms with van der Waals surface area (Å²) in [5, 5.41) is 15.6. The summed E-state index contributed by atoms with van der Waals surface area (Å²) in [6.45, 7) is 0. The van der Waals surface area contributed by atoms with Crippen molar-refractivity contribution in [2.24, 2.45) is 0 Å². The van der Waals surface area contributed by atoms with Gasteiger partial charge >= 0.3 is 0 Å². The number of para-hydroxylation sites is 4. The lowest BCUT2D eigenvalue weighted by Crippen LogP contribution is -1.88. The van der Waals surface area contributed by atoms with E-state index in [0.29, 0.717) is 0 Å². The lowest BCUT2D eigenvalue weighted by molar-refractivity contribution is 0.484. The Balaban J connectivity index is 1.15.